The second kappa shape index (κ2) is 7.52. The van der Waals surface area contributed by atoms with Crippen LogP contribution in [0.3, 0.4) is 0 Å². The molecule has 0 bridgehead atoms. The maximum Gasteiger partial charge on any atom is 0.318 e. The summed E-state index contributed by atoms with van der Waals surface area (Å²) in [6.45, 7) is 2.36. The number of hydrogen-bond acceptors (Lipinski definition) is 6. The summed E-state index contributed by atoms with van der Waals surface area (Å²) in [5.41, 5.74) is 6.14. The molecule has 0 aliphatic rings. The fourth-order valence-corrected chi connectivity index (χ4v) is 3.36. The molecule has 0 radical (unpaired) electrons. The summed E-state index contributed by atoms with van der Waals surface area (Å²) in [6, 6.07) is 9.43. The van der Waals surface area contributed by atoms with Gasteiger partial charge >= 0.3 is 11.1 Å². The van der Waals surface area contributed by atoms with Crippen LogP contribution in [0.4, 0.5) is 5.82 Å². The van der Waals surface area contributed by atoms with E-state index in [0.29, 0.717) is 16.3 Å². The van der Waals surface area contributed by atoms with Gasteiger partial charge in [-0.05, 0) is 12.0 Å². The minimum absolute atomic E-state index is 0.169. The number of fused-ring (bicyclic) bond motifs is 1. The van der Waals surface area contributed by atoms with Crippen LogP contribution in [0.15, 0.2) is 45.1 Å². The highest BCUT2D eigenvalue weighted by Crippen LogP contribution is 2.21. The fraction of sp³-hybridized carbons (Fsp3) is 0.294. The van der Waals surface area contributed by atoms with Crippen LogP contribution < -0.4 is 16.9 Å². The number of aromatic amines is 1. The van der Waals surface area contributed by atoms with E-state index >= 15 is 0 Å². The average Bonchev–Trinajstić information content (AvgIpc) is 2.61. The standard InChI is InChI=1S/C17H19N5O2S/c1-2-3-9-25-17-20-13(18)12-14(21-17)22(16(24)15(23)19-12)10-11-7-5-4-6-8-11/h4-8H,2-3,9-10H2,1H3,(H,19,23)(H2,18,20,21). The summed E-state index contributed by atoms with van der Waals surface area (Å²) in [5, 5.41) is 0.506. The van der Waals surface area contributed by atoms with Crippen LogP contribution in [-0.2, 0) is 6.54 Å². The summed E-state index contributed by atoms with van der Waals surface area (Å²) in [4.78, 5) is 35.6. The lowest BCUT2D eigenvalue weighted by Crippen LogP contribution is -2.37. The number of nitrogen functional groups attached to an aromatic ring is 1. The van der Waals surface area contributed by atoms with Crippen molar-refractivity contribution < 1.29 is 0 Å². The number of anilines is 1. The molecule has 0 saturated heterocycles. The highest BCUT2D eigenvalue weighted by atomic mass is 32.2. The summed E-state index contributed by atoms with van der Waals surface area (Å²) < 4.78 is 1.35. The molecule has 3 N–H and O–H groups in total. The third-order valence-electron chi connectivity index (χ3n) is 3.74. The lowest BCUT2D eigenvalue weighted by molar-refractivity contribution is 0.754. The summed E-state index contributed by atoms with van der Waals surface area (Å²) in [7, 11) is 0. The number of benzene rings is 1. The van der Waals surface area contributed by atoms with Crippen molar-refractivity contribution in [2.45, 2.75) is 31.5 Å². The topological polar surface area (TPSA) is 107 Å². The monoisotopic (exact) mass is 357 g/mol. The molecule has 0 amide bonds. The Bertz CT molecular complexity index is 998. The molecular weight excluding hydrogens is 338 g/mol. The highest BCUT2D eigenvalue weighted by molar-refractivity contribution is 7.99. The maximum absolute atomic E-state index is 12.4. The Morgan fingerprint density at radius 3 is 2.68 bits per heavy atom. The predicted octanol–water partition coefficient (Wildman–Crippen LogP) is 2.00. The van der Waals surface area contributed by atoms with Crippen LogP contribution in [0.25, 0.3) is 11.2 Å². The molecule has 0 aliphatic carbocycles. The van der Waals surface area contributed by atoms with Crippen molar-refractivity contribution >= 4 is 28.7 Å². The van der Waals surface area contributed by atoms with Gasteiger partial charge in [0.05, 0.1) is 6.54 Å². The molecular formula is C17H19N5O2S. The van der Waals surface area contributed by atoms with E-state index in [0.717, 1.165) is 24.2 Å². The Kier molecular flexibility index (Phi) is 5.18. The Morgan fingerprint density at radius 2 is 1.96 bits per heavy atom. The number of H-pyrrole nitrogens is 1. The van der Waals surface area contributed by atoms with Crippen LogP contribution >= 0.6 is 11.8 Å². The lowest BCUT2D eigenvalue weighted by atomic mass is 10.2. The van der Waals surface area contributed by atoms with Crippen molar-refractivity contribution in [3.05, 3.63) is 56.6 Å². The zero-order valence-electron chi connectivity index (χ0n) is 13.9. The number of thioether (sulfide) groups is 1. The molecule has 0 spiro atoms. The van der Waals surface area contributed by atoms with Gasteiger partial charge in [-0.3, -0.25) is 14.2 Å². The molecule has 1 aromatic carbocycles. The van der Waals surface area contributed by atoms with Gasteiger partial charge in [-0.1, -0.05) is 55.4 Å². The molecule has 8 heteroatoms. The Balaban J connectivity index is 2.14. The molecule has 2 aromatic heterocycles. The molecule has 0 saturated carbocycles. The minimum Gasteiger partial charge on any atom is -0.382 e. The van der Waals surface area contributed by atoms with E-state index in [2.05, 4.69) is 21.9 Å². The van der Waals surface area contributed by atoms with E-state index in [-0.39, 0.29) is 12.4 Å². The normalized spacial score (nSPS) is 11.1. The number of hydrogen-bond donors (Lipinski definition) is 2. The Hall–Kier alpha value is -2.61. The Morgan fingerprint density at radius 1 is 1.20 bits per heavy atom. The van der Waals surface area contributed by atoms with Crippen molar-refractivity contribution in [2.75, 3.05) is 11.5 Å². The van der Waals surface area contributed by atoms with E-state index in [4.69, 9.17) is 5.73 Å². The second-order valence-corrected chi connectivity index (χ2v) is 6.69. The van der Waals surface area contributed by atoms with Gasteiger partial charge in [0.25, 0.3) is 0 Å². The predicted molar refractivity (Wildman–Crippen MR) is 100 cm³/mol. The van der Waals surface area contributed by atoms with Crippen LogP contribution in [-0.4, -0.2) is 25.3 Å². The van der Waals surface area contributed by atoms with Gasteiger partial charge < -0.3 is 10.7 Å². The number of unbranched alkanes of at least 4 members (excludes halogenated alkanes) is 1. The molecule has 0 atom stereocenters. The largest absolute Gasteiger partial charge is 0.382 e. The third-order valence-corrected chi connectivity index (χ3v) is 4.68. The van der Waals surface area contributed by atoms with E-state index < -0.39 is 11.1 Å². The summed E-state index contributed by atoms with van der Waals surface area (Å²) >= 11 is 1.49. The molecule has 0 fully saturated rings. The van der Waals surface area contributed by atoms with Crippen molar-refractivity contribution in [3.63, 3.8) is 0 Å². The molecule has 3 aromatic rings. The molecule has 2 heterocycles. The van der Waals surface area contributed by atoms with Crippen LogP contribution in [0, 0.1) is 0 Å². The van der Waals surface area contributed by atoms with Crippen molar-refractivity contribution in [2.24, 2.45) is 0 Å². The van der Waals surface area contributed by atoms with Crippen LogP contribution in [0.2, 0.25) is 0 Å². The van der Waals surface area contributed by atoms with Gasteiger partial charge in [0.2, 0.25) is 0 Å². The Labute approximate surface area is 148 Å². The number of nitrogens with two attached hydrogens (primary N) is 1. The molecule has 130 valence electrons. The number of aromatic nitrogens is 4. The highest BCUT2D eigenvalue weighted by Gasteiger charge is 2.14. The van der Waals surface area contributed by atoms with Crippen LogP contribution in [0.5, 0.6) is 0 Å². The molecule has 7 nitrogen and oxygen atoms in total. The van der Waals surface area contributed by atoms with E-state index in [1.54, 1.807) is 0 Å². The molecule has 25 heavy (non-hydrogen) atoms. The SMILES string of the molecule is CCCCSc1nc(N)c2[nH]c(=O)c(=O)n(Cc3ccccc3)c2n1. The van der Waals surface area contributed by atoms with Crippen LogP contribution in [0.1, 0.15) is 25.3 Å². The van der Waals surface area contributed by atoms with E-state index in [9.17, 15) is 9.59 Å². The zero-order valence-corrected chi connectivity index (χ0v) is 14.7. The molecule has 3 rings (SSSR count). The van der Waals surface area contributed by atoms with Crippen molar-refractivity contribution in [3.8, 4) is 0 Å². The number of nitrogens with one attached hydrogen (secondary N) is 1. The zero-order chi connectivity index (χ0) is 17.8. The summed E-state index contributed by atoms with van der Waals surface area (Å²) in [5.74, 6) is 1.04. The van der Waals surface area contributed by atoms with Crippen molar-refractivity contribution in [1.82, 2.24) is 19.5 Å². The quantitative estimate of drug-likeness (QED) is 0.302. The second-order valence-electron chi connectivity index (χ2n) is 5.62. The smallest absolute Gasteiger partial charge is 0.318 e. The maximum atomic E-state index is 12.4. The number of nitrogens with zero attached hydrogens (tertiary/aromatic N) is 3. The van der Waals surface area contributed by atoms with Gasteiger partial charge in [-0.25, -0.2) is 9.97 Å². The van der Waals surface area contributed by atoms with Gasteiger partial charge in [0.15, 0.2) is 16.6 Å². The molecule has 0 unspecified atom stereocenters. The van der Waals surface area contributed by atoms with E-state index in [1.165, 1.54) is 16.3 Å². The van der Waals surface area contributed by atoms with Crippen molar-refractivity contribution in [1.29, 1.82) is 0 Å². The number of rotatable bonds is 6. The fourth-order valence-electron chi connectivity index (χ4n) is 2.43. The van der Waals surface area contributed by atoms with Gasteiger partial charge in [0, 0.05) is 5.75 Å². The van der Waals surface area contributed by atoms with Gasteiger partial charge in [-0.2, -0.15) is 0 Å². The molecule has 0 aliphatic heterocycles. The first-order chi connectivity index (χ1) is 12.1. The third kappa shape index (κ3) is 3.74. The van der Waals surface area contributed by atoms with E-state index in [1.807, 2.05) is 30.3 Å². The first-order valence-electron chi connectivity index (χ1n) is 8.07. The van der Waals surface area contributed by atoms with Gasteiger partial charge in [-0.15, -0.1) is 0 Å². The van der Waals surface area contributed by atoms with Gasteiger partial charge in [0.1, 0.15) is 5.52 Å². The first-order valence-corrected chi connectivity index (χ1v) is 9.05. The summed E-state index contributed by atoms with van der Waals surface area (Å²) in [6.07, 6.45) is 2.11. The minimum atomic E-state index is -0.731. The average molecular weight is 357 g/mol. The first kappa shape index (κ1) is 17.2. The lowest BCUT2D eigenvalue weighted by Gasteiger charge is -2.11.